The fourth-order valence-electron chi connectivity index (χ4n) is 3.03. The SMILES string of the molecule is CCN(CC)S(=O)(=O)c1ccc(OC)c(NC(=O)CCNC(=O)c2cccc(OC)c2)c1. The summed E-state index contributed by atoms with van der Waals surface area (Å²) < 4.78 is 37.2. The second-order valence-corrected chi connectivity index (χ2v) is 8.68. The zero-order chi connectivity index (χ0) is 23.7. The van der Waals surface area contributed by atoms with Crippen LogP contribution in [-0.4, -0.2) is 58.4 Å². The maximum absolute atomic E-state index is 12.8. The van der Waals surface area contributed by atoms with Crippen LogP contribution in [0, 0.1) is 0 Å². The first kappa shape index (κ1) is 25.2. The molecule has 2 N–H and O–H groups in total. The van der Waals surface area contributed by atoms with Crippen molar-refractivity contribution >= 4 is 27.5 Å². The topological polar surface area (TPSA) is 114 Å². The second kappa shape index (κ2) is 11.5. The minimum Gasteiger partial charge on any atom is -0.497 e. The number of carbonyl (C=O) groups excluding carboxylic acids is 2. The first-order valence-electron chi connectivity index (χ1n) is 10.2. The quantitative estimate of drug-likeness (QED) is 0.529. The molecule has 174 valence electrons. The molecule has 0 saturated heterocycles. The molecule has 9 nitrogen and oxygen atoms in total. The van der Waals surface area contributed by atoms with Crippen LogP contribution in [0.25, 0.3) is 0 Å². The van der Waals surface area contributed by atoms with Gasteiger partial charge in [-0.1, -0.05) is 19.9 Å². The van der Waals surface area contributed by atoms with Gasteiger partial charge in [0.1, 0.15) is 11.5 Å². The average Bonchev–Trinajstić information content (AvgIpc) is 2.79. The molecule has 0 atom stereocenters. The molecule has 10 heteroatoms. The van der Waals surface area contributed by atoms with Crippen molar-refractivity contribution in [2.45, 2.75) is 25.2 Å². The molecule has 32 heavy (non-hydrogen) atoms. The normalized spacial score (nSPS) is 11.2. The minimum atomic E-state index is -3.69. The van der Waals surface area contributed by atoms with Gasteiger partial charge in [0.25, 0.3) is 5.91 Å². The van der Waals surface area contributed by atoms with Gasteiger partial charge in [0.05, 0.1) is 24.8 Å². The summed E-state index contributed by atoms with van der Waals surface area (Å²) in [6.07, 6.45) is -0.00805. The molecule has 0 bridgehead atoms. The van der Waals surface area contributed by atoms with Gasteiger partial charge in [-0.15, -0.1) is 0 Å². The van der Waals surface area contributed by atoms with Crippen LogP contribution in [0.15, 0.2) is 47.4 Å². The van der Waals surface area contributed by atoms with Crippen LogP contribution in [0.2, 0.25) is 0 Å². The first-order chi connectivity index (χ1) is 15.3. The van der Waals surface area contributed by atoms with Crippen molar-refractivity contribution in [3.8, 4) is 11.5 Å². The van der Waals surface area contributed by atoms with E-state index < -0.39 is 15.9 Å². The number of nitrogens with one attached hydrogen (secondary N) is 2. The van der Waals surface area contributed by atoms with Gasteiger partial charge in [0.2, 0.25) is 15.9 Å². The van der Waals surface area contributed by atoms with Crippen molar-refractivity contribution in [2.24, 2.45) is 0 Å². The van der Waals surface area contributed by atoms with Gasteiger partial charge in [-0.05, 0) is 36.4 Å². The third-order valence-corrected chi connectivity index (χ3v) is 6.80. The molecule has 0 saturated carbocycles. The summed E-state index contributed by atoms with van der Waals surface area (Å²) in [6, 6.07) is 11.0. The summed E-state index contributed by atoms with van der Waals surface area (Å²) in [4.78, 5) is 24.7. The monoisotopic (exact) mass is 463 g/mol. The van der Waals surface area contributed by atoms with Crippen LogP contribution in [0.3, 0.4) is 0 Å². The Labute approximate surface area is 188 Å². The zero-order valence-electron chi connectivity index (χ0n) is 18.7. The standard InChI is InChI=1S/C22H29N3O6S/c1-5-25(6-2)32(28,29)18-10-11-20(31-4)19(15-18)24-21(26)12-13-23-22(27)16-8-7-9-17(14-16)30-3/h7-11,14-15H,5-6,12-13H2,1-4H3,(H,23,27)(H,24,26). The Morgan fingerprint density at radius 1 is 1.00 bits per heavy atom. The Morgan fingerprint density at radius 3 is 2.34 bits per heavy atom. The maximum atomic E-state index is 12.8. The number of nitrogens with zero attached hydrogens (tertiary/aromatic N) is 1. The predicted octanol–water partition coefficient (Wildman–Crippen LogP) is 2.49. The van der Waals surface area contributed by atoms with Crippen LogP contribution in [-0.2, 0) is 14.8 Å². The van der Waals surface area contributed by atoms with Gasteiger partial charge in [-0.25, -0.2) is 8.42 Å². The molecule has 0 heterocycles. The molecule has 0 aromatic heterocycles. The van der Waals surface area contributed by atoms with Gasteiger partial charge in [0.15, 0.2) is 0 Å². The molecule has 0 aliphatic heterocycles. The van der Waals surface area contributed by atoms with E-state index in [2.05, 4.69) is 10.6 Å². The van der Waals surface area contributed by atoms with Crippen molar-refractivity contribution in [1.29, 1.82) is 0 Å². The summed E-state index contributed by atoms with van der Waals surface area (Å²) in [5.41, 5.74) is 0.658. The Balaban J connectivity index is 2.04. The number of anilines is 1. The lowest BCUT2D eigenvalue weighted by molar-refractivity contribution is -0.116. The Kier molecular flexibility index (Phi) is 9.03. The molecule has 2 aromatic rings. The Bertz CT molecular complexity index is 1050. The van der Waals surface area contributed by atoms with Crippen molar-refractivity contribution in [1.82, 2.24) is 9.62 Å². The third kappa shape index (κ3) is 6.21. The van der Waals surface area contributed by atoms with Gasteiger partial charge in [0, 0.05) is 31.6 Å². The summed E-state index contributed by atoms with van der Waals surface area (Å²) in [5.74, 6) is 0.160. The van der Waals surface area contributed by atoms with Crippen molar-refractivity contribution in [3.05, 3.63) is 48.0 Å². The Morgan fingerprint density at radius 2 is 1.72 bits per heavy atom. The highest BCUT2D eigenvalue weighted by molar-refractivity contribution is 7.89. The second-order valence-electron chi connectivity index (χ2n) is 6.74. The fraction of sp³-hybridized carbons (Fsp3) is 0.364. The van der Waals surface area contributed by atoms with E-state index in [4.69, 9.17) is 9.47 Å². The largest absolute Gasteiger partial charge is 0.497 e. The van der Waals surface area contributed by atoms with Crippen LogP contribution in [0.4, 0.5) is 5.69 Å². The van der Waals surface area contributed by atoms with Crippen LogP contribution in [0.5, 0.6) is 11.5 Å². The molecule has 0 aliphatic rings. The number of rotatable bonds is 11. The van der Waals surface area contributed by atoms with E-state index in [0.29, 0.717) is 30.2 Å². The first-order valence-corrected chi connectivity index (χ1v) is 11.6. The highest BCUT2D eigenvalue weighted by atomic mass is 32.2. The van der Waals surface area contributed by atoms with E-state index in [1.54, 1.807) is 38.1 Å². The smallest absolute Gasteiger partial charge is 0.251 e. The number of sulfonamides is 1. The third-order valence-electron chi connectivity index (χ3n) is 4.76. The van der Waals surface area contributed by atoms with Crippen LogP contribution >= 0.6 is 0 Å². The number of ether oxygens (including phenoxy) is 2. The lowest BCUT2D eigenvalue weighted by Gasteiger charge is -2.19. The van der Waals surface area contributed by atoms with E-state index in [0.717, 1.165) is 0 Å². The molecule has 0 aliphatic carbocycles. The fourth-order valence-corrected chi connectivity index (χ4v) is 4.51. The molecular formula is C22H29N3O6S. The van der Waals surface area contributed by atoms with E-state index in [-0.39, 0.29) is 29.5 Å². The molecule has 2 amide bonds. The molecule has 0 radical (unpaired) electrons. The highest BCUT2D eigenvalue weighted by Crippen LogP contribution is 2.29. The number of hydrogen-bond donors (Lipinski definition) is 2. The molecule has 0 unspecified atom stereocenters. The van der Waals surface area contributed by atoms with Gasteiger partial charge >= 0.3 is 0 Å². The van der Waals surface area contributed by atoms with Crippen LogP contribution < -0.4 is 20.1 Å². The minimum absolute atomic E-state index is 0.00805. The van der Waals surface area contributed by atoms with Crippen molar-refractivity contribution in [3.63, 3.8) is 0 Å². The lowest BCUT2D eigenvalue weighted by atomic mass is 10.2. The highest BCUT2D eigenvalue weighted by Gasteiger charge is 2.23. The number of carbonyl (C=O) groups is 2. The molecule has 0 spiro atoms. The van der Waals surface area contributed by atoms with Crippen molar-refractivity contribution < 1.29 is 27.5 Å². The van der Waals surface area contributed by atoms with E-state index in [1.807, 2.05) is 0 Å². The predicted molar refractivity (Wildman–Crippen MR) is 122 cm³/mol. The average molecular weight is 464 g/mol. The van der Waals surface area contributed by atoms with Crippen LogP contribution in [0.1, 0.15) is 30.6 Å². The summed E-state index contributed by atoms with van der Waals surface area (Å²) >= 11 is 0. The molecule has 2 rings (SSSR count). The maximum Gasteiger partial charge on any atom is 0.251 e. The van der Waals surface area contributed by atoms with E-state index >= 15 is 0 Å². The summed E-state index contributed by atoms with van der Waals surface area (Å²) in [6.45, 7) is 4.28. The number of methoxy groups -OCH3 is 2. The van der Waals surface area contributed by atoms with Gasteiger partial charge < -0.3 is 20.1 Å². The van der Waals surface area contributed by atoms with E-state index in [9.17, 15) is 18.0 Å². The summed E-state index contributed by atoms with van der Waals surface area (Å²) in [5, 5.41) is 5.33. The van der Waals surface area contributed by atoms with Gasteiger partial charge in [-0.2, -0.15) is 4.31 Å². The van der Waals surface area contributed by atoms with Crippen molar-refractivity contribution in [2.75, 3.05) is 39.2 Å². The molecule has 0 fully saturated rings. The lowest BCUT2D eigenvalue weighted by Crippen LogP contribution is -2.30. The van der Waals surface area contributed by atoms with Gasteiger partial charge in [-0.3, -0.25) is 9.59 Å². The van der Waals surface area contributed by atoms with E-state index in [1.165, 1.54) is 36.7 Å². The molecule has 2 aromatic carbocycles. The number of benzene rings is 2. The summed E-state index contributed by atoms with van der Waals surface area (Å²) in [7, 11) is -0.750. The number of amides is 2. The molecular weight excluding hydrogens is 434 g/mol. The Hall–Kier alpha value is -3.11. The number of hydrogen-bond acceptors (Lipinski definition) is 6. The zero-order valence-corrected chi connectivity index (χ0v) is 19.5.